The fourth-order valence-corrected chi connectivity index (χ4v) is 2.73. The number of aliphatic hydroxyl groups is 1. The molecule has 17 heavy (non-hydrogen) atoms. The highest BCUT2D eigenvalue weighted by atomic mass is 35.5. The molecule has 1 heterocycles. The van der Waals surface area contributed by atoms with Crippen molar-refractivity contribution in [2.24, 2.45) is 0 Å². The van der Waals surface area contributed by atoms with E-state index in [-0.39, 0.29) is 6.61 Å². The molecule has 4 nitrogen and oxygen atoms in total. The normalized spacial score (nSPS) is 16.4. The van der Waals surface area contributed by atoms with E-state index in [1.165, 1.54) is 12.8 Å². The van der Waals surface area contributed by atoms with Crippen LogP contribution in [0.5, 0.6) is 0 Å². The third-order valence-corrected chi connectivity index (χ3v) is 3.50. The molecular formula is C12H18ClN3O. The monoisotopic (exact) mass is 255 g/mol. The second kappa shape index (κ2) is 5.56. The van der Waals surface area contributed by atoms with Crippen LogP contribution in [-0.4, -0.2) is 29.3 Å². The number of rotatable bonds is 4. The maximum atomic E-state index is 9.17. The molecule has 0 unspecified atom stereocenters. The molecule has 0 aromatic carbocycles. The summed E-state index contributed by atoms with van der Waals surface area (Å²) in [5.74, 6) is 0.738. The lowest BCUT2D eigenvalue weighted by Gasteiger charge is -2.30. The molecule has 1 aliphatic carbocycles. The van der Waals surface area contributed by atoms with Crippen molar-refractivity contribution in [3.05, 3.63) is 17.3 Å². The van der Waals surface area contributed by atoms with Gasteiger partial charge >= 0.3 is 0 Å². The molecule has 0 aliphatic heterocycles. The van der Waals surface area contributed by atoms with Gasteiger partial charge in [0, 0.05) is 12.6 Å². The first kappa shape index (κ1) is 12.5. The molecule has 1 saturated carbocycles. The van der Waals surface area contributed by atoms with Gasteiger partial charge in [-0.25, -0.2) is 4.98 Å². The lowest BCUT2D eigenvalue weighted by molar-refractivity contribution is 0.297. The van der Waals surface area contributed by atoms with Gasteiger partial charge in [-0.2, -0.15) is 0 Å². The maximum absolute atomic E-state index is 9.17. The van der Waals surface area contributed by atoms with Gasteiger partial charge in [0.15, 0.2) is 0 Å². The average Bonchev–Trinajstić information content (AvgIpc) is 2.80. The van der Waals surface area contributed by atoms with Crippen molar-refractivity contribution in [1.29, 1.82) is 0 Å². The number of nitrogens with two attached hydrogens (primary N) is 1. The lowest BCUT2D eigenvalue weighted by atomic mass is 10.2. The number of hydrogen-bond acceptors (Lipinski definition) is 4. The third-order valence-electron chi connectivity index (χ3n) is 3.22. The molecule has 5 heteroatoms. The lowest BCUT2D eigenvalue weighted by Crippen LogP contribution is -2.36. The number of nitrogen functional groups attached to an aromatic ring is 1. The van der Waals surface area contributed by atoms with Gasteiger partial charge in [0.1, 0.15) is 5.82 Å². The van der Waals surface area contributed by atoms with Crippen molar-refractivity contribution < 1.29 is 5.11 Å². The number of pyridine rings is 1. The highest BCUT2D eigenvalue weighted by Gasteiger charge is 2.24. The topological polar surface area (TPSA) is 62.4 Å². The minimum Gasteiger partial charge on any atom is -0.397 e. The molecule has 2 rings (SSSR count). The zero-order valence-corrected chi connectivity index (χ0v) is 10.5. The molecule has 1 aromatic heterocycles. The van der Waals surface area contributed by atoms with Crippen LogP contribution >= 0.6 is 11.6 Å². The summed E-state index contributed by atoms with van der Waals surface area (Å²) >= 11 is 6.17. The maximum Gasteiger partial charge on any atom is 0.147 e. The zero-order chi connectivity index (χ0) is 12.3. The first-order valence-electron chi connectivity index (χ1n) is 6.01. The third kappa shape index (κ3) is 2.82. The van der Waals surface area contributed by atoms with Crippen LogP contribution in [-0.2, 0) is 0 Å². The predicted octanol–water partition coefficient (Wildman–Crippen LogP) is 2.06. The standard InChI is InChI=1S/C12H18ClN3O/c13-11-7-9(14)8-15-12(11)16(5-6-17)10-3-1-2-4-10/h7-8,10,17H,1-6,14H2. The van der Waals surface area contributed by atoms with E-state index in [1.54, 1.807) is 12.3 Å². The Bertz CT molecular complexity index is 380. The number of anilines is 2. The predicted molar refractivity (Wildman–Crippen MR) is 70.3 cm³/mol. The molecule has 0 spiro atoms. The molecule has 0 atom stereocenters. The molecule has 0 radical (unpaired) electrons. The summed E-state index contributed by atoms with van der Waals surface area (Å²) in [6.45, 7) is 0.681. The van der Waals surface area contributed by atoms with Crippen molar-refractivity contribution in [3.8, 4) is 0 Å². The summed E-state index contributed by atoms with van der Waals surface area (Å²) in [6.07, 6.45) is 6.36. The Morgan fingerprint density at radius 1 is 1.47 bits per heavy atom. The van der Waals surface area contributed by atoms with E-state index >= 15 is 0 Å². The summed E-state index contributed by atoms with van der Waals surface area (Å²) in [5, 5.41) is 9.73. The van der Waals surface area contributed by atoms with Crippen molar-refractivity contribution in [2.45, 2.75) is 31.7 Å². The van der Waals surface area contributed by atoms with Gasteiger partial charge in [-0.3, -0.25) is 0 Å². The van der Waals surface area contributed by atoms with Gasteiger partial charge in [-0.15, -0.1) is 0 Å². The van der Waals surface area contributed by atoms with E-state index in [2.05, 4.69) is 9.88 Å². The van der Waals surface area contributed by atoms with E-state index in [9.17, 15) is 0 Å². The second-order valence-electron chi connectivity index (χ2n) is 4.43. The van der Waals surface area contributed by atoms with E-state index in [0.29, 0.717) is 23.3 Å². The number of hydrogen-bond donors (Lipinski definition) is 2. The Labute approximate surface area is 106 Å². The molecule has 3 N–H and O–H groups in total. The number of halogens is 1. The van der Waals surface area contributed by atoms with E-state index in [4.69, 9.17) is 22.4 Å². The van der Waals surface area contributed by atoms with Gasteiger partial charge in [0.25, 0.3) is 0 Å². The van der Waals surface area contributed by atoms with E-state index in [0.717, 1.165) is 18.7 Å². The van der Waals surface area contributed by atoms with Crippen LogP contribution in [0.15, 0.2) is 12.3 Å². The first-order chi connectivity index (χ1) is 8.22. The fraction of sp³-hybridized carbons (Fsp3) is 0.583. The molecular weight excluding hydrogens is 238 g/mol. The highest BCUT2D eigenvalue weighted by Crippen LogP contribution is 2.31. The minimum atomic E-state index is 0.110. The van der Waals surface area contributed by atoms with Crippen LogP contribution in [0.4, 0.5) is 11.5 Å². The largest absolute Gasteiger partial charge is 0.397 e. The van der Waals surface area contributed by atoms with E-state index < -0.39 is 0 Å². The molecule has 0 saturated heterocycles. The summed E-state index contributed by atoms with van der Waals surface area (Å²) in [7, 11) is 0. The second-order valence-corrected chi connectivity index (χ2v) is 4.84. The van der Waals surface area contributed by atoms with Crippen molar-refractivity contribution in [1.82, 2.24) is 4.98 Å². The van der Waals surface area contributed by atoms with Crippen LogP contribution < -0.4 is 10.6 Å². The van der Waals surface area contributed by atoms with Crippen LogP contribution in [0.25, 0.3) is 0 Å². The Balaban J connectivity index is 2.24. The summed E-state index contributed by atoms with van der Waals surface area (Å²) in [4.78, 5) is 6.41. The summed E-state index contributed by atoms with van der Waals surface area (Å²) in [5.41, 5.74) is 6.20. The van der Waals surface area contributed by atoms with Crippen molar-refractivity contribution in [2.75, 3.05) is 23.8 Å². The molecule has 0 bridgehead atoms. The Kier molecular flexibility index (Phi) is 4.07. The van der Waals surface area contributed by atoms with Gasteiger partial charge in [-0.05, 0) is 18.9 Å². The van der Waals surface area contributed by atoms with E-state index in [1.807, 2.05) is 0 Å². The Hall–Kier alpha value is -1.00. The molecule has 94 valence electrons. The summed E-state index contributed by atoms with van der Waals surface area (Å²) in [6, 6.07) is 2.15. The van der Waals surface area contributed by atoms with Crippen LogP contribution in [0.2, 0.25) is 5.02 Å². The van der Waals surface area contributed by atoms with Gasteiger partial charge in [0.05, 0.1) is 23.5 Å². The van der Waals surface area contributed by atoms with Crippen LogP contribution in [0.1, 0.15) is 25.7 Å². The Morgan fingerprint density at radius 3 is 2.76 bits per heavy atom. The van der Waals surface area contributed by atoms with Crippen molar-refractivity contribution >= 4 is 23.1 Å². The highest BCUT2D eigenvalue weighted by molar-refractivity contribution is 6.33. The van der Waals surface area contributed by atoms with Gasteiger partial charge < -0.3 is 15.7 Å². The van der Waals surface area contributed by atoms with Gasteiger partial charge in [-0.1, -0.05) is 24.4 Å². The SMILES string of the molecule is Nc1cnc(N(CCO)C2CCCC2)c(Cl)c1. The fourth-order valence-electron chi connectivity index (χ4n) is 2.44. The molecule has 1 fully saturated rings. The number of nitrogens with zero attached hydrogens (tertiary/aromatic N) is 2. The number of aliphatic hydroxyl groups excluding tert-OH is 1. The first-order valence-corrected chi connectivity index (χ1v) is 6.38. The molecule has 0 amide bonds. The van der Waals surface area contributed by atoms with Crippen LogP contribution in [0.3, 0.4) is 0 Å². The number of aromatic nitrogens is 1. The molecule has 1 aliphatic rings. The Morgan fingerprint density at radius 2 is 2.18 bits per heavy atom. The summed E-state index contributed by atoms with van der Waals surface area (Å²) < 4.78 is 0. The molecule has 1 aromatic rings. The van der Waals surface area contributed by atoms with Gasteiger partial charge in [0.2, 0.25) is 0 Å². The average molecular weight is 256 g/mol. The smallest absolute Gasteiger partial charge is 0.147 e. The quantitative estimate of drug-likeness (QED) is 0.865. The van der Waals surface area contributed by atoms with Crippen LogP contribution in [0, 0.1) is 0 Å². The van der Waals surface area contributed by atoms with Crippen molar-refractivity contribution in [3.63, 3.8) is 0 Å². The zero-order valence-electron chi connectivity index (χ0n) is 9.77. The minimum absolute atomic E-state index is 0.110.